The maximum absolute atomic E-state index is 12.2. The summed E-state index contributed by atoms with van der Waals surface area (Å²) in [5.74, 6) is 7.62. The molecule has 6 rings (SSSR count). The van der Waals surface area contributed by atoms with Gasteiger partial charge in [-0.25, -0.2) is 4.98 Å². The van der Waals surface area contributed by atoms with Crippen molar-refractivity contribution in [2.24, 2.45) is 4.99 Å². The monoisotopic (exact) mass is 559 g/mol. The quantitative estimate of drug-likeness (QED) is 0.390. The van der Waals surface area contributed by atoms with Gasteiger partial charge in [0.25, 0.3) is 0 Å². The van der Waals surface area contributed by atoms with Crippen molar-refractivity contribution >= 4 is 23.1 Å². The average molecular weight is 560 g/mol. The summed E-state index contributed by atoms with van der Waals surface area (Å²) in [5, 5.41) is 0. The lowest BCUT2D eigenvalue weighted by Crippen LogP contribution is -2.42. The number of aliphatic imine (C=N–C) groups is 1. The van der Waals surface area contributed by atoms with Crippen LogP contribution in [0.5, 0.6) is 0 Å². The Kier molecular flexibility index (Phi) is 7.55. The Morgan fingerprint density at radius 2 is 1.33 bits per heavy atom. The van der Waals surface area contributed by atoms with Crippen molar-refractivity contribution in [3.63, 3.8) is 0 Å². The molecule has 214 valence electrons. The number of allylic oxidation sites excluding steroid dienone is 1. The number of carbonyl (C=O) groups excluding carboxylic acids is 2. The molecular weight excluding hydrogens is 522 g/mol. The van der Waals surface area contributed by atoms with Gasteiger partial charge < -0.3 is 14.8 Å². The standard InChI is InChI=1S/C35H37N5O2/c1-22-5-17-33(39(22)24(3)41)31-19-30(20-36-31)28-13-9-26(10-14-28)7-8-27-11-15-29(16-12-27)32-21-37-35(38-32)34-18-6-23(2)40(34)25(4)42/h9-16,20-23,33-34H,5-6,17-19H2,1-4H3,(H,37,38)/t22-,23-,33+,34+/m1/s1. The van der Waals surface area contributed by atoms with Gasteiger partial charge in [-0.15, -0.1) is 0 Å². The van der Waals surface area contributed by atoms with Gasteiger partial charge in [0.15, 0.2) is 0 Å². The van der Waals surface area contributed by atoms with Gasteiger partial charge in [0, 0.05) is 55.4 Å². The third-order valence-electron chi connectivity index (χ3n) is 8.92. The Balaban J connectivity index is 1.08. The van der Waals surface area contributed by atoms with Crippen LogP contribution in [0.25, 0.3) is 16.8 Å². The Bertz CT molecular complexity index is 1620. The molecule has 7 heteroatoms. The van der Waals surface area contributed by atoms with Crippen molar-refractivity contribution < 1.29 is 9.59 Å². The van der Waals surface area contributed by atoms with Crippen LogP contribution in [0.3, 0.4) is 0 Å². The van der Waals surface area contributed by atoms with Gasteiger partial charge in [-0.1, -0.05) is 36.1 Å². The summed E-state index contributed by atoms with van der Waals surface area (Å²) < 4.78 is 0. The van der Waals surface area contributed by atoms with Crippen molar-refractivity contribution in [2.45, 2.75) is 84.0 Å². The van der Waals surface area contributed by atoms with E-state index in [1.54, 1.807) is 13.8 Å². The van der Waals surface area contributed by atoms with Crippen LogP contribution in [0.15, 0.2) is 65.9 Å². The molecule has 0 bridgehead atoms. The van der Waals surface area contributed by atoms with E-state index in [-0.39, 0.29) is 36.0 Å². The van der Waals surface area contributed by atoms with Crippen LogP contribution < -0.4 is 0 Å². The highest BCUT2D eigenvalue weighted by atomic mass is 16.2. The molecule has 4 heterocycles. The molecule has 2 amide bonds. The van der Waals surface area contributed by atoms with Crippen LogP contribution in [0.4, 0.5) is 0 Å². The lowest BCUT2D eigenvalue weighted by atomic mass is 9.98. The number of hydrogen-bond donors (Lipinski definition) is 1. The summed E-state index contributed by atoms with van der Waals surface area (Å²) in [6.45, 7) is 7.51. The number of benzene rings is 2. The summed E-state index contributed by atoms with van der Waals surface area (Å²) in [5.41, 5.74) is 7.28. The third kappa shape index (κ3) is 5.42. The molecule has 2 saturated heterocycles. The molecule has 0 aliphatic carbocycles. The second-order valence-electron chi connectivity index (χ2n) is 11.8. The molecule has 3 aliphatic heterocycles. The maximum Gasteiger partial charge on any atom is 0.220 e. The number of aromatic amines is 1. The van der Waals surface area contributed by atoms with Gasteiger partial charge in [0.05, 0.1) is 24.0 Å². The number of imidazole rings is 1. The van der Waals surface area contributed by atoms with Crippen LogP contribution in [-0.2, 0) is 9.59 Å². The van der Waals surface area contributed by atoms with Crippen LogP contribution in [0.1, 0.15) is 88.4 Å². The smallest absolute Gasteiger partial charge is 0.220 e. The molecule has 42 heavy (non-hydrogen) atoms. The van der Waals surface area contributed by atoms with Crippen molar-refractivity contribution in [3.05, 3.63) is 83.4 Å². The van der Waals surface area contributed by atoms with Crippen LogP contribution in [0, 0.1) is 11.8 Å². The molecule has 2 fully saturated rings. The molecule has 4 atom stereocenters. The predicted molar refractivity (Wildman–Crippen MR) is 165 cm³/mol. The van der Waals surface area contributed by atoms with E-state index in [0.717, 1.165) is 71.6 Å². The minimum absolute atomic E-state index is 0.00974. The number of likely N-dealkylation sites (tertiary alicyclic amines) is 2. The molecular formula is C35H37N5O2. The van der Waals surface area contributed by atoms with Crippen LogP contribution in [-0.4, -0.2) is 55.4 Å². The first kappa shape index (κ1) is 27.7. The first-order valence-corrected chi connectivity index (χ1v) is 14.9. The average Bonchev–Trinajstić information content (AvgIpc) is 3.78. The Morgan fingerprint density at radius 3 is 1.93 bits per heavy atom. The number of nitrogens with zero attached hydrogens (tertiary/aromatic N) is 4. The van der Waals surface area contributed by atoms with E-state index in [1.807, 2.05) is 46.5 Å². The molecule has 0 unspecified atom stereocenters. The van der Waals surface area contributed by atoms with E-state index in [2.05, 4.69) is 59.9 Å². The number of nitrogens with one attached hydrogen (secondary N) is 1. The van der Waals surface area contributed by atoms with E-state index in [4.69, 9.17) is 4.99 Å². The van der Waals surface area contributed by atoms with E-state index in [1.165, 1.54) is 5.57 Å². The van der Waals surface area contributed by atoms with Gasteiger partial charge >= 0.3 is 0 Å². The fourth-order valence-corrected chi connectivity index (χ4v) is 6.75. The zero-order chi connectivity index (χ0) is 29.4. The fraction of sp³-hybridized carbons (Fsp3) is 0.371. The Labute approximate surface area is 247 Å². The van der Waals surface area contributed by atoms with Crippen molar-refractivity contribution in [1.29, 1.82) is 0 Å². The minimum atomic E-state index is 0.00974. The molecule has 3 aliphatic rings. The second-order valence-corrected chi connectivity index (χ2v) is 11.8. The van der Waals surface area contributed by atoms with Gasteiger partial charge in [0.2, 0.25) is 11.8 Å². The molecule has 3 aromatic rings. The molecule has 1 aromatic heterocycles. The molecule has 2 aromatic carbocycles. The summed E-state index contributed by atoms with van der Waals surface area (Å²) in [6.07, 6.45) is 8.51. The first-order chi connectivity index (χ1) is 20.3. The second kappa shape index (κ2) is 11.4. The number of aromatic nitrogens is 2. The van der Waals surface area contributed by atoms with Gasteiger partial charge in [-0.2, -0.15) is 0 Å². The maximum atomic E-state index is 12.2. The highest BCUT2D eigenvalue weighted by Gasteiger charge is 2.37. The normalized spacial score (nSPS) is 23.4. The van der Waals surface area contributed by atoms with Crippen molar-refractivity contribution in [1.82, 2.24) is 19.8 Å². The SMILES string of the molecule is CC(=O)N1[C@H](C)CC[C@H]1C1=NC=C(c2ccc(C#Cc3ccc(-c4cnc([C@@H]5CC[C@@H](C)N5C(C)=O)[nH]4)cc3)cc2)C1. The summed E-state index contributed by atoms with van der Waals surface area (Å²) in [7, 11) is 0. The highest BCUT2D eigenvalue weighted by Crippen LogP contribution is 2.36. The van der Waals surface area contributed by atoms with Crippen LogP contribution in [0.2, 0.25) is 0 Å². The topological polar surface area (TPSA) is 81.7 Å². The zero-order valence-electron chi connectivity index (χ0n) is 24.7. The van der Waals surface area contributed by atoms with E-state index in [9.17, 15) is 9.59 Å². The van der Waals surface area contributed by atoms with Gasteiger partial charge in [0.1, 0.15) is 5.82 Å². The van der Waals surface area contributed by atoms with E-state index in [0.29, 0.717) is 0 Å². The Morgan fingerprint density at radius 1 is 0.786 bits per heavy atom. The largest absolute Gasteiger partial charge is 0.340 e. The first-order valence-electron chi connectivity index (χ1n) is 14.9. The number of amides is 2. The minimum Gasteiger partial charge on any atom is -0.340 e. The van der Waals surface area contributed by atoms with Crippen molar-refractivity contribution in [2.75, 3.05) is 0 Å². The number of hydrogen-bond acceptors (Lipinski definition) is 4. The number of rotatable bonds is 4. The summed E-state index contributed by atoms with van der Waals surface area (Å²) in [6, 6.07) is 17.1. The molecule has 1 N–H and O–H groups in total. The number of carbonyl (C=O) groups is 2. The van der Waals surface area contributed by atoms with E-state index >= 15 is 0 Å². The zero-order valence-corrected chi connectivity index (χ0v) is 24.7. The van der Waals surface area contributed by atoms with Crippen molar-refractivity contribution in [3.8, 4) is 23.1 Å². The Hall–Kier alpha value is -4.44. The molecule has 0 radical (unpaired) electrons. The lowest BCUT2D eigenvalue weighted by molar-refractivity contribution is -0.132. The molecule has 7 nitrogen and oxygen atoms in total. The van der Waals surface area contributed by atoms with Gasteiger partial charge in [-0.3, -0.25) is 14.6 Å². The van der Waals surface area contributed by atoms with Gasteiger partial charge in [-0.05, 0) is 80.5 Å². The summed E-state index contributed by atoms with van der Waals surface area (Å²) in [4.78, 5) is 41.0. The predicted octanol–water partition coefficient (Wildman–Crippen LogP) is 6.13. The summed E-state index contributed by atoms with van der Waals surface area (Å²) >= 11 is 0. The van der Waals surface area contributed by atoms with Crippen LogP contribution >= 0.6 is 0 Å². The third-order valence-corrected chi connectivity index (χ3v) is 8.92. The highest BCUT2D eigenvalue weighted by molar-refractivity contribution is 6.03. The molecule has 0 spiro atoms. The number of H-pyrrole nitrogens is 1. The van der Waals surface area contributed by atoms with E-state index < -0.39 is 0 Å². The lowest BCUT2D eigenvalue weighted by Gasteiger charge is -2.27. The fourth-order valence-electron chi connectivity index (χ4n) is 6.75. The molecule has 0 saturated carbocycles.